The van der Waals surface area contributed by atoms with Gasteiger partial charge in [-0.05, 0) is 25.2 Å². The number of piperidine rings is 1. The fraction of sp³-hybridized carbons (Fsp3) is 1.00. The van der Waals surface area contributed by atoms with Crippen LogP contribution in [0.3, 0.4) is 0 Å². The number of nitrogens with two attached hydrogens (primary N) is 1. The predicted octanol–water partition coefficient (Wildman–Crippen LogP) is 1.18. The Morgan fingerprint density at radius 1 is 1.31 bits per heavy atom. The topological polar surface area (TPSA) is 63.4 Å². The third-order valence-electron chi connectivity index (χ3n) is 3.65. The first-order valence-corrected chi connectivity index (χ1v) is 7.75. The maximum absolute atomic E-state index is 12.2. The molecule has 0 aliphatic carbocycles. The standard InChI is InChI=1S/C11H24N2O2S/c1-3-10-5-7-13(8-6-10)16(14,15)11(4-2)9-12/h10-11H,3-9,12H2,1-2H3. The number of hydrogen-bond acceptors (Lipinski definition) is 3. The van der Waals surface area contributed by atoms with Crippen LogP contribution in [0.25, 0.3) is 0 Å². The Labute approximate surface area is 99.2 Å². The van der Waals surface area contributed by atoms with E-state index in [0.29, 0.717) is 25.4 Å². The van der Waals surface area contributed by atoms with Crippen LogP contribution in [0.4, 0.5) is 0 Å². The van der Waals surface area contributed by atoms with Crippen LogP contribution in [0.2, 0.25) is 0 Å². The van der Waals surface area contributed by atoms with Gasteiger partial charge >= 0.3 is 0 Å². The summed E-state index contributed by atoms with van der Waals surface area (Å²) in [4.78, 5) is 0. The first kappa shape index (κ1) is 13.9. The van der Waals surface area contributed by atoms with Crippen molar-refractivity contribution in [1.82, 2.24) is 4.31 Å². The molecule has 1 saturated heterocycles. The van der Waals surface area contributed by atoms with E-state index in [1.807, 2.05) is 6.92 Å². The van der Waals surface area contributed by atoms with Crippen molar-refractivity contribution in [3.8, 4) is 0 Å². The van der Waals surface area contributed by atoms with Crippen LogP contribution in [0.15, 0.2) is 0 Å². The number of nitrogens with zero attached hydrogens (tertiary/aromatic N) is 1. The number of hydrogen-bond donors (Lipinski definition) is 1. The molecule has 1 rings (SSSR count). The van der Waals surface area contributed by atoms with E-state index >= 15 is 0 Å². The second-order valence-corrected chi connectivity index (χ2v) is 6.77. The van der Waals surface area contributed by atoms with Crippen molar-refractivity contribution in [2.45, 2.75) is 44.8 Å². The van der Waals surface area contributed by atoms with Crippen LogP contribution in [-0.2, 0) is 10.0 Å². The van der Waals surface area contributed by atoms with Crippen LogP contribution in [0.5, 0.6) is 0 Å². The Kier molecular flexibility index (Phi) is 5.21. The highest BCUT2D eigenvalue weighted by Gasteiger charge is 2.32. The van der Waals surface area contributed by atoms with Crippen LogP contribution >= 0.6 is 0 Å². The van der Waals surface area contributed by atoms with Crippen LogP contribution in [-0.4, -0.2) is 37.6 Å². The molecule has 0 bridgehead atoms. The lowest BCUT2D eigenvalue weighted by Crippen LogP contribution is -2.45. The van der Waals surface area contributed by atoms with Gasteiger partial charge in [0.25, 0.3) is 0 Å². The Hall–Kier alpha value is -0.130. The summed E-state index contributed by atoms with van der Waals surface area (Å²) in [6.45, 7) is 5.64. The molecule has 5 heteroatoms. The first-order chi connectivity index (χ1) is 7.56. The molecule has 0 spiro atoms. The molecular weight excluding hydrogens is 224 g/mol. The minimum Gasteiger partial charge on any atom is -0.329 e. The fourth-order valence-electron chi connectivity index (χ4n) is 2.28. The highest BCUT2D eigenvalue weighted by Crippen LogP contribution is 2.24. The van der Waals surface area contributed by atoms with Gasteiger partial charge in [0.2, 0.25) is 10.0 Å². The molecule has 0 aromatic carbocycles. The summed E-state index contributed by atoms with van der Waals surface area (Å²) in [6, 6.07) is 0. The number of rotatable bonds is 5. The largest absolute Gasteiger partial charge is 0.329 e. The van der Waals surface area contributed by atoms with Gasteiger partial charge in [-0.3, -0.25) is 0 Å². The summed E-state index contributed by atoms with van der Waals surface area (Å²) >= 11 is 0. The third kappa shape index (κ3) is 2.96. The first-order valence-electron chi connectivity index (χ1n) is 6.25. The van der Waals surface area contributed by atoms with Gasteiger partial charge in [-0.2, -0.15) is 0 Å². The SMILES string of the molecule is CCC1CCN(S(=O)(=O)C(CC)CN)CC1. The summed E-state index contributed by atoms with van der Waals surface area (Å²) < 4.78 is 26.0. The van der Waals surface area contributed by atoms with Crippen molar-refractivity contribution in [3.05, 3.63) is 0 Å². The summed E-state index contributed by atoms with van der Waals surface area (Å²) in [6.07, 6.45) is 3.75. The zero-order valence-electron chi connectivity index (χ0n) is 10.4. The zero-order chi connectivity index (χ0) is 12.2. The minimum atomic E-state index is -3.15. The van der Waals surface area contributed by atoms with Crippen molar-refractivity contribution >= 4 is 10.0 Å². The molecule has 0 radical (unpaired) electrons. The van der Waals surface area contributed by atoms with Gasteiger partial charge in [-0.1, -0.05) is 20.3 Å². The molecule has 4 nitrogen and oxygen atoms in total. The van der Waals surface area contributed by atoms with Gasteiger partial charge in [0.05, 0.1) is 5.25 Å². The molecule has 1 aliphatic rings. The van der Waals surface area contributed by atoms with Crippen molar-refractivity contribution in [1.29, 1.82) is 0 Å². The molecule has 2 N–H and O–H groups in total. The molecule has 1 fully saturated rings. The normalized spacial score (nSPS) is 22.2. The van der Waals surface area contributed by atoms with E-state index in [9.17, 15) is 8.42 Å². The van der Waals surface area contributed by atoms with E-state index in [0.717, 1.165) is 19.3 Å². The maximum Gasteiger partial charge on any atom is 0.218 e. The van der Waals surface area contributed by atoms with Gasteiger partial charge < -0.3 is 5.73 Å². The molecule has 1 heterocycles. The Balaban J connectivity index is 2.64. The van der Waals surface area contributed by atoms with Crippen molar-refractivity contribution < 1.29 is 8.42 Å². The predicted molar refractivity (Wildman–Crippen MR) is 66.6 cm³/mol. The molecule has 0 aromatic heterocycles. The summed E-state index contributed by atoms with van der Waals surface area (Å²) in [7, 11) is -3.15. The molecule has 96 valence electrons. The zero-order valence-corrected chi connectivity index (χ0v) is 11.2. The second-order valence-electron chi connectivity index (χ2n) is 4.56. The summed E-state index contributed by atoms with van der Waals surface area (Å²) in [5.74, 6) is 0.699. The van der Waals surface area contributed by atoms with E-state index < -0.39 is 15.3 Å². The summed E-state index contributed by atoms with van der Waals surface area (Å²) in [5.41, 5.74) is 5.52. The second kappa shape index (κ2) is 5.98. The average Bonchev–Trinajstić information content (AvgIpc) is 2.30. The van der Waals surface area contributed by atoms with Gasteiger partial charge in [0.15, 0.2) is 0 Å². The van der Waals surface area contributed by atoms with E-state index in [-0.39, 0.29) is 6.54 Å². The molecular formula is C11H24N2O2S. The molecule has 0 saturated carbocycles. The lowest BCUT2D eigenvalue weighted by Gasteiger charge is -2.33. The highest BCUT2D eigenvalue weighted by atomic mass is 32.2. The highest BCUT2D eigenvalue weighted by molar-refractivity contribution is 7.89. The molecule has 16 heavy (non-hydrogen) atoms. The smallest absolute Gasteiger partial charge is 0.218 e. The van der Waals surface area contributed by atoms with E-state index in [1.165, 1.54) is 0 Å². The Morgan fingerprint density at radius 3 is 2.25 bits per heavy atom. The van der Waals surface area contributed by atoms with Crippen LogP contribution in [0.1, 0.15) is 39.5 Å². The number of sulfonamides is 1. The minimum absolute atomic E-state index is 0.229. The Bertz CT molecular complexity index is 291. The maximum atomic E-state index is 12.2. The van der Waals surface area contributed by atoms with E-state index in [4.69, 9.17) is 5.73 Å². The van der Waals surface area contributed by atoms with Gasteiger partial charge in [-0.15, -0.1) is 0 Å². The van der Waals surface area contributed by atoms with Gasteiger partial charge in [-0.25, -0.2) is 12.7 Å². The molecule has 1 aliphatic heterocycles. The Morgan fingerprint density at radius 2 is 1.88 bits per heavy atom. The van der Waals surface area contributed by atoms with Gasteiger partial charge in [0, 0.05) is 19.6 Å². The summed E-state index contributed by atoms with van der Waals surface area (Å²) in [5, 5.41) is -0.398. The van der Waals surface area contributed by atoms with Crippen LogP contribution < -0.4 is 5.73 Å². The molecule has 1 unspecified atom stereocenters. The fourth-order valence-corrected chi connectivity index (χ4v) is 4.09. The van der Waals surface area contributed by atoms with Crippen molar-refractivity contribution in [2.75, 3.05) is 19.6 Å². The lowest BCUT2D eigenvalue weighted by molar-refractivity contribution is 0.266. The van der Waals surface area contributed by atoms with Gasteiger partial charge in [0.1, 0.15) is 0 Å². The van der Waals surface area contributed by atoms with Crippen LogP contribution in [0, 0.1) is 5.92 Å². The molecule has 1 atom stereocenters. The van der Waals surface area contributed by atoms with E-state index in [2.05, 4.69) is 6.92 Å². The molecule has 0 aromatic rings. The monoisotopic (exact) mass is 248 g/mol. The lowest BCUT2D eigenvalue weighted by atomic mass is 9.96. The quantitative estimate of drug-likeness (QED) is 0.794. The van der Waals surface area contributed by atoms with E-state index in [1.54, 1.807) is 4.31 Å². The van der Waals surface area contributed by atoms with Crippen molar-refractivity contribution in [2.24, 2.45) is 11.7 Å². The molecule has 0 amide bonds. The van der Waals surface area contributed by atoms with Crippen molar-refractivity contribution in [3.63, 3.8) is 0 Å². The third-order valence-corrected chi connectivity index (χ3v) is 6.10. The average molecular weight is 248 g/mol.